The fourth-order valence-corrected chi connectivity index (χ4v) is 11.3. The van der Waals surface area contributed by atoms with E-state index in [1.807, 2.05) is 0 Å². The Morgan fingerprint density at radius 2 is 0.615 bits per heavy atom. The molecule has 0 amide bonds. The van der Waals surface area contributed by atoms with Gasteiger partial charge in [0.15, 0.2) is 49.8 Å². The Morgan fingerprint density at radius 1 is 0.330 bits per heavy atom. The molecule has 7 heterocycles. The minimum atomic E-state index is -2.40. The molecule has 40 heteroatoms. The second kappa shape index (κ2) is 32.5. The Hall–Kier alpha value is -2.76. The third-order valence-corrected chi connectivity index (χ3v) is 16.6. The average molecular weight is 1330 g/mol. The lowest BCUT2D eigenvalue weighted by molar-refractivity contribution is -0.411. The maximum atomic E-state index is 12.1. The van der Waals surface area contributed by atoms with E-state index in [2.05, 4.69) is 5.32 Å². The maximum Gasteiger partial charge on any atom is 0.272 e. The van der Waals surface area contributed by atoms with Crippen LogP contribution in [0.5, 0.6) is 5.75 Å². The lowest BCUT2D eigenvalue weighted by atomic mass is 9.95. The van der Waals surface area contributed by atoms with Gasteiger partial charge in [0.2, 0.25) is 0 Å². The molecule has 40 nitrogen and oxygen atoms in total. The number of nitrogens with one attached hydrogen (secondary N) is 1. The van der Waals surface area contributed by atoms with Gasteiger partial charge in [-0.2, -0.15) is 0 Å². The first-order valence-corrected chi connectivity index (χ1v) is 29.1. The number of rotatable bonds is 27. The lowest BCUT2D eigenvalue weighted by Gasteiger charge is -2.50. The van der Waals surface area contributed by atoms with E-state index in [4.69, 9.17) is 71.1 Å². The molecule has 1 aromatic rings. The maximum absolute atomic E-state index is 12.1. The molecule has 8 rings (SSSR count). The molecular weight excluding hydrogens is 1250 g/mol. The van der Waals surface area contributed by atoms with Crippen LogP contribution in [0.1, 0.15) is 13.3 Å². The van der Waals surface area contributed by atoms with Gasteiger partial charge < -0.3 is 189 Å². The van der Waals surface area contributed by atoms with Crippen LogP contribution in [0.15, 0.2) is 9.59 Å². The molecule has 0 unspecified atom stereocenters. The van der Waals surface area contributed by atoms with E-state index in [-0.39, 0.29) is 37.6 Å². The molecule has 7 saturated heterocycles. The van der Waals surface area contributed by atoms with Gasteiger partial charge in [-0.1, -0.05) is 0 Å². The van der Waals surface area contributed by atoms with Crippen molar-refractivity contribution >= 4 is 5.69 Å². The highest BCUT2D eigenvalue weighted by molar-refractivity contribution is 5.61. The van der Waals surface area contributed by atoms with Crippen LogP contribution < -0.4 is 20.9 Å². The molecule has 0 radical (unpaired) electrons. The van der Waals surface area contributed by atoms with Gasteiger partial charge in [0.25, 0.3) is 10.9 Å². The third kappa shape index (κ3) is 15.5. The van der Waals surface area contributed by atoms with Gasteiger partial charge in [-0.15, -0.1) is 0 Å². The zero-order chi connectivity index (χ0) is 66.6. The van der Waals surface area contributed by atoms with E-state index in [9.17, 15) is 122 Å². The van der Waals surface area contributed by atoms with Crippen LogP contribution in [0.2, 0.25) is 0 Å². The number of ether oxygens (including phenoxy) is 15. The fourth-order valence-electron chi connectivity index (χ4n) is 11.3. The molecule has 0 saturated carbocycles. The van der Waals surface area contributed by atoms with Crippen molar-refractivity contribution in [3.05, 3.63) is 20.4 Å². The highest BCUT2D eigenvalue weighted by Gasteiger charge is 2.59. The van der Waals surface area contributed by atoms with Gasteiger partial charge in [-0.25, -0.2) is 0 Å². The van der Waals surface area contributed by atoms with Crippen LogP contribution in [0.4, 0.5) is 5.69 Å². The molecule has 7 aliphatic rings. The summed E-state index contributed by atoms with van der Waals surface area (Å²) in [4.78, 5) is 24.0. The normalized spacial score (nSPS) is 47.5. The number of anilines is 1. The van der Waals surface area contributed by atoms with Gasteiger partial charge in [-0.05, 0) is 13.3 Å². The van der Waals surface area contributed by atoms with E-state index < -0.39 is 272 Å². The smallest absolute Gasteiger partial charge is 0.272 e. The number of hydrogen-bond acceptors (Lipinski definition) is 40. The Bertz CT molecular complexity index is 2450. The SMILES string of the molecule is CCOc1c(NCCCO[C@H]2O[C@H](CO)[C@@H](O)[C@H](O)[C@@H]2O[C@H]2O[C@H](CO)[C@@H](O)[C@H](O)[C@@H]2O[C@H]2O[C@H](CO)[C@@H](O)[C@H](O[C@H]3O[C@H](CO)[C@@H](O)[C@H](O)[C@@H]3O[C@H]3O[C@H](CO)[C@@H](O)[C@H](O[C@H]4O[C@H](CO)[C@@H](O)[C@H](O)[C@@H]4O[C@@H]4O[C@H](CO)[C@@H](O)[C@H](O)[C@@H]4O)[C@@H]3O)[C@@H]2O)c(=O)c1=O. The molecule has 23 N–H and O–H groups in total. The van der Waals surface area contributed by atoms with E-state index in [0.717, 1.165) is 0 Å². The molecule has 526 valence electrons. The van der Waals surface area contributed by atoms with Gasteiger partial charge in [-0.3, -0.25) is 9.59 Å². The summed E-state index contributed by atoms with van der Waals surface area (Å²) in [5, 5.41) is 242. The van der Waals surface area contributed by atoms with Gasteiger partial charge in [0.05, 0.1) is 59.5 Å². The molecule has 7 fully saturated rings. The van der Waals surface area contributed by atoms with Gasteiger partial charge in [0.1, 0.15) is 177 Å². The summed E-state index contributed by atoms with van der Waals surface area (Å²) in [5.74, 6) is -0.163. The van der Waals surface area contributed by atoms with E-state index in [1.54, 1.807) is 6.92 Å². The zero-order valence-electron chi connectivity index (χ0n) is 48.3. The summed E-state index contributed by atoms with van der Waals surface area (Å²) < 4.78 is 86.1. The molecule has 0 spiro atoms. The fraction of sp³-hybridized carbons (Fsp3) is 0.922. The molecule has 0 aromatic heterocycles. The second-order valence-electron chi connectivity index (χ2n) is 22.5. The summed E-state index contributed by atoms with van der Waals surface area (Å²) in [6, 6.07) is 0. The van der Waals surface area contributed by atoms with Crippen LogP contribution in [0.25, 0.3) is 0 Å². The summed E-state index contributed by atoms with van der Waals surface area (Å²) in [5.41, 5.74) is -1.72. The second-order valence-corrected chi connectivity index (χ2v) is 22.5. The highest BCUT2D eigenvalue weighted by atomic mass is 16.8. The third-order valence-electron chi connectivity index (χ3n) is 16.6. The Balaban J connectivity index is 1.01. The van der Waals surface area contributed by atoms with Crippen molar-refractivity contribution in [1.82, 2.24) is 0 Å². The molecule has 0 bridgehead atoms. The van der Waals surface area contributed by atoms with E-state index in [0.29, 0.717) is 0 Å². The van der Waals surface area contributed by atoms with Crippen molar-refractivity contribution in [1.29, 1.82) is 0 Å². The van der Waals surface area contributed by atoms with Crippen LogP contribution in [0.3, 0.4) is 0 Å². The van der Waals surface area contributed by atoms with E-state index >= 15 is 0 Å². The topological polar surface area (TPSA) is 630 Å². The number of aliphatic hydroxyl groups is 22. The molecule has 7 aliphatic heterocycles. The summed E-state index contributed by atoms with van der Waals surface area (Å²) in [6.07, 6.45) is -71.6. The lowest BCUT2D eigenvalue weighted by Crippen LogP contribution is -2.69. The molecule has 0 aliphatic carbocycles. The molecule has 35 atom stereocenters. The minimum Gasteiger partial charge on any atom is -0.488 e. The standard InChI is InChI=1S/C51H83NO39/c1-2-77-38-20(28(67)34(38)73)52-4-3-5-78-48-41(30(69)22(61)14(7-54)82-48)91-51-44(33(72)25(64)17(10-57)85-51)90-47-37(76)40(27(66)19(12-59)81-47)87-50-43(32(71)24(63)16(9-56)84-50)89-46-36(75)39(26(65)18(11-58)80-46)86-49-42(31(70)23(62)15(8-55)83-49)88-45-35(74)29(68)21(60)13(6-53)79-45/h13-19,21-27,29-33,35-37,39-66,68-72,74-76H,2-12H2,1H3/t13-,14-,15-,16-,17-,18-,19-,21-,22-,23-,24-,25-,26-,27-,29+,30+,31+,32+,33+,35+,36+,37+,39+,40+,41+,42+,43+,44+,45+,46-,47-,48+,49-,50-,51-/m1/s1. The summed E-state index contributed by atoms with van der Waals surface area (Å²) >= 11 is 0. The average Bonchev–Trinajstić information content (AvgIpc) is 0.862. The Kier molecular flexibility index (Phi) is 26.5. The first-order valence-electron chi connectivity index (χ1n) is 29.1. The first-order chi connectivity index (χ1) is 43.3. The van der Waals surface area contributed by atoms with Crippen molar-refractivity contribution in [3.8, 4) is 5.75 Å². The van der Waals surface area contributed by atoms with Gasteiger partial charge in [0, 0.05) is 6.54 Å². The Labute approximate surface area is 514 Å². The van der Waals surface area contributed by atoms with Crippen LogP contribution >= 0.6 is 0 Å². The van der Waals surface area contributed by atoms with Crippen LogP contribution in [-0.2, 0) is 66.3 Å². The van der Waals surface area contributed by atoms with Crippen molar-refractivity contribution in [2.45, 2.75) is 228 Å². The predicted octanol–water partition coefficient (Wildman–Crippen LogP) is -15.8. The Morgan fingerprint density at radius 3 is 0.967 bits per heavy atom. The minimum absolute atomic E-state index is 0.000342. The highest BCUT2D eigenvalue weighted by Crippen LogP contribution is 2.39. The van der Waals surface area contributed by atoms with Crippen molar-refractivity contribution < 1.29 is 183 Å². The summed E-state index contributed by atoms with van der Waals surface area (Å²) in [7, 11) is 0. The van der Waals surface area contributed by atoms with Crippen molar-refractivity contribution in [2.75, 3.05) is 71.3 Å². The van der Waals surface area contributed by atoms with Crippen molar-refractivity contribution in [3.63, 3.8) is 0 Å². The molecular formula is C51H83NO39. The van der Waals surface area contributed by atoms with Crippen LogP contribution in [-0.4, -0.2) is 393 Å². The summed E-state index contributed by atoms with van der Waals surface area (Å²) in [6.45, 7) is -5.80. The first kappa shape index (κ1) is 74.0. The molecule has 91 heavy (non-hydrogen) atoms. The molecule has 1 aromatic carbocycles. The largest absolute Gasteiger partial charge is 0.488 e. The quantitative estimate of drug-likeness (QED) is 0.0287. The number of hydrogen-bond donors (Lipinski definition) is 23. The van der Waals surface area contributed by atoms with Crippen LogP contribution in [0, 0.1) is 0 Å². The zero-order valence-corrected chi connectivity index (χ0v) is 48.3. The monoisotopic (exact) mass is 1330 g/mol. The van der Waals surface area contributed by atoms with Crippen molar-refractivity contribution in [2.24, 2.45) is 0 Å². The predicted molar refractivity (Wildman–Crippen MR) is 281 cm³/mol. The van der Waals surface area contributed by atoms with E-state index in [1.165, 1.54) is 0 Å². The van der Waals surface area contributed by atoms with Gasteiger partial charge >= 0.3 is 0 Å². The number of aliphatic hydroxyl groups excluding tert-OH is 22.